The second-order valence-corrected chi connectivity index (χ2v) is 6.60. The fraction of sp³-hybridized carbons (Fsp3) is 0.529. The van der Waals surface area contributed by atoms with Crippen LogP contribution in [-0.4, -0.2) is 33.2 Å². The lowest BCUT2D eigenvalue weighted by atomic mass is 10.3. The van der Waals surface area contributed by atoms with E-state index in [9.17, 15) is 0 Å². The van der Waals surface area contributed by atoms with Gasteiger partial charge in [-0.25, -0.2) is 9.98 Å². The number of imidazole rings is 1. The number of nitrogens with zero attached hydrogens (tertiary/aromatic N) is 4. The second kappa shape index (κ2) is 11.7. The minimum atomic E-state index is 0. The quantitative estimate of drug-likeness (QED) is 0.243. The van der Waals surface area contributed by atoms with E-state index in [0.717, 1.165) is 50.0 Å². The molecule has 0 spiro atoms. The summed E-state index contributed by atoms with van der Waals surface area (Å²) in [6.45, 7) is 7.27. The highest BCUT2D eigenvalue weighted by Gasteiger charge is 2.08. The average molecular weight is 513 g/mol. The van der Waals surface area contributed by atoms with Gasteiger partial charge in [0.25, 0.3) is 0 Å². The number of aliphatic imine (C=N–C) groups is 1. The Kier molecular flexibility index (Phi) is 10.4. The molecule has 0 aliphatic rings. The summed E-state index contributed by atoms with van der Waals surface area (Å²) in [6, 6.07) is 1.85. The molecule has 0 saturated heterocycles. The fourth-order valence-corrected chi connectivity index (χ4v) is 2.91. The first-order valence-electron chi connectivity index (χ1n) is 8.52. The van der Waals surface area contributed by atoms with Crippen molar-refractivity contribution < 1.29 is 0 Å². The van der Waals surface area contributed by atoms with Gasteiger partial charge in [-0.2, -0.15) is 0 Å². The van der Waals surface area contributed by atoms with E-state index in [2.05, 4.69) is 32.1 Å². The molecule has 0 bridgehead atoms. The fourth-order valence-electron chi connectivity index (χ4n) is 2.50. The van der Waals surface area contributed by atoms with Crippen LogP contribution in [0.3, 0.4) is 0 Å². The molecule has 2 aromatic rings. The van der Waals surface area contributed by atoms with Crippen LogP contribution in [0.4, 0.5) is 0 Å². The molecule has 26 heavy (non-hydrogen) atoms. The van der Waals surface area contributed by atoms with Gasteiger partial charge in [0.15, 0.2) is 5.96 Å². The Morgan fingerprint density at radius 3 is 2.62 bits per heavy atom. The first-order valence-corrected chi connectivity index (χ1v) is 9.28. The Bertz CT molecular complexity index is 710. The molecular formula is C17H27Cl2IN6. The summed E-state index contributed by atoms with van der Waals surface area (Å²) in [5, 5.41) is 7.72. The van der Waals surface area contributed by atoms with Gasteiger partial charge in [-0.1, -0.05) is 23.2 Å². The maximum atomic E-state index is 6.09. The predicted molar refractivity (Wildman–Crippen MR) is 120 cm³/mol. The topological polar surface area (TPSA) is 59.2 Å². The number of halogens is 3. The lowest BCUT2D eigenvalue weighted by Gasteiger charge is -2.12. The molecule has 9 heteroatoms. The molecule has 0 amide bonds. The lowest BCUT2D eigenvalue weighted by Crippen LogP contribution is -2.37. The van der Waals surface area contributed by atoms with Gasteiger partial charge in [-0.3, -0.25) is 0 Å². The molecule has 2 rings (SSSR count). The van der Waals surface area contributed by atoms with Crippen molar-refractivity contribution >= 4 is 53.1 Å². The van der Waals surface area contributed by atoms with E-state index < -0.39 is 0 Å². The summed E-state index contributed by atoms with van der Waals surface area (Å²) < 4.78 is 4.02. The van der Waals surface area contributed by atoms with Crippen LogP contribution in [0.15, 0.2) is 23.5 Å². The molecular weight excluding hydrogens is 486 g/mol. The first kappa shape index (κ1) is 23.1. The van der Waals surface area contributed by atoms with Gasteiger partial charge in [0.1, 0.15) is 11.0 Å². The van der Waals surface area contributed by atoms with E-state index in [0.29, 0.717) is 16.7 Å². The highest BCUT2D eigenvalue weighted by atomic mass is 127. The normalized spacial score (nSPS) is 11.3. The number of nitrogens with one attached hydrogen (secondary N) is 2. The maximum absolute atomic E-state index is 6.09. The molecule has 0 radical (unpaired) electrons. The lowest BCUT2D eigenvalue weighted by molar-refractivity contribution is 0.588. The molecule has 6 nitrogen and oxygen atoms in total. The van der Waals surface area contributed by atoms with E-state index in [4.69, 9.17) is 23.2 Å². The van der Waals surface area contributed by atoms with E-state index in [-0.39, 0.29) is 24.0 Å². The van der Waals surface area contributed by atoms with Crippen LogP contribution in [0.25, 0.3) is 0 Å². The van der Waals surface area contributed by atoms with Crippen molar-refractivity contribution in [3.63, 3.8) is 0 Å². The summed E-state index contributed by atoms with van der Waals surface area (Å²) in [7, 11) is 1.89. The summed E-state index contributed by atoms with van der Waals surface area (Å²) in [4.78, 5) is 8.84. The average Bonchev–Trinajstić information content (AvgIpc) is 3.10. The van der Waals surface area contributed by atoms with Gasteiger partial charge in [-0.15, -0.1) is 24.0 Å². The Morgan fingerprint density at radius 2 is 2.04 bits per heavy atom. The van der Waals surface area contributed by atoms with Gasteiger partial charge < -0.3 is 19.8 Å². The minimum absolute atomic E-state index is 0. The van der Waals surface area contributed by atoms with Crippen molar-refractivity contribution in [3.8, 4) is 0 Å². The van der Waals surface area contributed by atoms with Gasteiger partial charge in [0.05, 0.1) is 11.6 Å². The Balaban J connectivity index is 0.00000338. The number of unbranched alkanes of at least 4 members (excludes halogenated alkanes) is 1. The van der Waals surface area contributed by atoms with Crippen LogP contribution in [0.5, 0.6) is 0 Å². The van der Waals surface area contributed by atoms with E-state index >= 15 is 0 Å². The summed E-state index contributed by atoms with van der Waals surface area (Å²) in [5.41, 5.74) is 0.975. The van der Waals surface area contributed by atoms with E-state index in [1.54, 1.807) is 0 Å². The van der Waals surface area contributed by atoms with Crippen molar-refractivity contribution in [1.82, 2.24) is 24.8 Å². The zero-order valence-corrected chi connectivity index (χ0v) is 19.3. The SMILES string of the molecule is CCNC(=NCc1cc(Cl)c(Cl)n1C)NCCCCn1ccnc1C.I. The molecule has 2 heterocycles. The number of aryl methyl sites for hydroxylation is 2. The van der Waals surface area contributed by atoms with Gasteiger partial charge in [0, 0.05) is 44.8 Å². The monoisotopic (exact) mass is 512 g/mol. The van der Waals surface area contributed by atoms with Crippen molar-refractivity contribution in [2.24, 2.45) is 12.0 Å². The van der Waals surface area contributed by atoms with Gasteiger partial charge >= 0.3 is 0 Å². The molecule has 146 valence electrons. The van der Waals surface area contributed by atoms with Crippen LogP contribution in [0, 0.1) is 6.92 Å². The molecule has 0 unspecified atom stereocenters. The number of hydrogen-bond acceptors (Lipinski definition) is 2. The molecule has 0 aliphatic carbocycles. The van der Waals surface area contributed by atoms with Crippen molar-refractivity contribution in [1.29, 1.82) is 0 Å². The van der Waals surface area contributed by atoms with Crippen LogP contribution in [0.1, 0.15) is 31.3 Å². The molecule has 0 fully saturated rings. The smallest absolute Gasteiger partial charge is 0.191 e. The highest BCUT2D eigenvalue weighted by molar-refractivity contribution is 14.0. The van der Waals surface area contributed by atoms with E-state index in [1.807, 2.05) is 37.0 Å². The van der Waals surface area contributed by atoms with Crippen molar-refractivity contribution in [3.05, 3.63) is 40.2 Å². The van der Waals surface area contributed by atoms with Gasteiger partial charge in [-0.05, 0) is 32.8 Å². The van der Waals surface area contributed by atoms with Crippen LogP contribution in [-0.2, 0) is 20.1 Å². The number of guanidine groups is 1. The minimum Gasteiger partial charge on any atom is -0.357 e. The predicted octanol–water partition coefficient (Wildman–Crippen LogP) is 3.99. The zero-order chi connectivity index (χ0) is 18.2. The molecule has 0 saturated carbocycles. The summed E-state index contributed by atoms with van der Waals surface area (Å²) in [5.74, 6) is 1.86. The zero-order valence-electron chi connectivity index (χ0n) is 15.4. The molecule has 0 aromatic carbocycles. The van der Waals surface area contributed by atoms with Crippen molar-refractivity contribution in [2.75, 3.05) is 13.1 Å². The van der Waals surface area contributed by atoms with Crippen LogP contribution in [0.2, 0.25) is 10.2 Å². The highest BCUT2D eigenvalue weighted by Crippen LogP contribution is 2.25. The third-order valence-corrected chi connectivity index (χ3v) is 4.84. The Morgan fingerprint density at radius 1 is 1.27 bits per heavy atom. The second-order valence-electron chi connectivity index (χ2n) is 5.83. The van der Waals surface area contributed by atoms with E-state index in [1.165, 1.54) is 0 Å². The number of hydrogen-bond donors (Lipinski definition) is 2. The Labute approximate surface area is 182 Å². The summed E-state index contributed by atoms with van der Waals surface area (Å²) >= 11 is 12.1. The third-order valence-electron chi connectivity index (χ3n) is 4.00. The third kappa shape index (κ3) is 6.66. The molecule has 0 atom stereocenters. The maximum Gasteiger partial charge on any atom is 0.191 e. The standard InChI is InChI=1S/C17H26Cl2N6.HI/c1-4-20-17(23-12-14-11-15(18)16(19)24(14)3)22-7-5-6-9-25-10-8-21-13(25)2;/h8,10-11H,4-7,9,12H2,1-3H3,(H2,20,22,23);1H. The number of rotatable bonds is 8. The first-order chi connectivity index (χ1) is 12.0. The van der Waals surface area contributed by atoms with Crippen LogP contribution < -0.4 is 10.6 Å². The molecule has 2 N–H and O–H groups in total. The molecule has 0 aliphatic heterocycles. The Hall–Kier alpha value is -0.930. The van der Waals surface area contributed by atoms with Gasteiger partial charge in [0.2, 0.25) is 0 Å². The molecule has 2 aromatic heterocycles. The van der Waals surface area contributed by atoms with Crippen molar-refractivity contribution in [2.45, 2.75) is 39.8 Å². The van der Waals surface area contributed by atoms with Crippen LogP contribution >= 0.6 is 47.2 Å². The number of aromatic nitrogens is 3. The largest absolute Gasteiger partial charge is 0.357 e. The summed E-state index contributed by atoms with van der Waals surface area (Å²) in [6.07, 6.45) is 6.01.